The molecular formula is C20H20F2N4OS. The van der Waals surface area contributed by atoms with Gasteiger partial charge in [0.15, 0.2) is 11.0 Å². The third-order valence-corrected chi connectivity index (χ3v) is 5.34. The Hall–Kier alpha value is -2.74. The number of aromatic nitrogens is 3. The second-order valence-corrected chi connectivity index (χ2v) is 7.55. The Balaban J connectivity index is 1.78. The Kier molecular flexibility index (Phi) is 6.08. The molecule has 0 aliphatic rings. The van der Waals surface area contributed by atoms with E-state index in [-0.39, 0.29) is 5.69 Å². The van der Waals surface area contributed by atoms with Crippen LogP contribution in [-0.2, 0) is 11.3 Å². The van der Waals surface area contributed by atoms with E-state index in [1.54, 1.807) is 6.92 Å². The Bertz CT molecular complexity index is 1010. The van der Waals surface area contributed by atoms with Crippen molar-refractivity contribution in [2.24, 2.45) is 0 Å². The van der Waals surface area contributed by atoms with Gasteiger partial charge in [0.2, 0.25) is 5.91 Å². The molecule has 146 valence electrons. The van der Waals surface area contributed by atoms with Crippen molar-refractivity contribution in [3.63, 3.8) is 0 Å². The van der Waals surface area contributed by atoms with Gasteiger partial charge in [0, 0.05) is 18.2 Å². The van der Waals surface area contributed by atoms with Crippen LogP contribution in [0.3, 0.4) is 0 Å². The lowest BCUT2D eigenvalue weighted by Crippen LogP contribution is -2.23. The first-order valence-electron chi connectivity index (χ1n) is 8.82. The minimum Gasteiger partial charge on any atom is -0.323 e. The first-order valence-corrected chi connectivity index (χ1v) is 9.70. The number of rotatable bonds is 6. The van der Waals surface area contributed by atoms with E-state index in [0.717, 1.165) is 29.1 Å². The quantitative estimate of drug-likeness (QED) is 0.609. The molecule has 3 aromatic rings. The van der Waals surface area contributed by atoms with Gasteiger partial charge in [-0.3, -0.25) is 4.79 Å². The third kappa shape index (κ3) is 4.22. The lowest BCUT2D eigenvalue weighted by molar-refractivity contribution is -0.115. The van der Waals surface area contributed by atoms with Crippen LogP contribution < -0.4 is 5.32 Å². The Morgan fingerprint density at radius 2 is 1.96 bits per heavy atom. The van der Waals surface area contributed by atoms with E-state index in [2.05, 4.69) is 15.5 Å². The van der Waals surface area contributed by atoms with Crippen LogP contribution >= 0.6 is 11.8 Å². The molecule has 0 saturated heterocycles. The minimum atomic E-state index is -0.816. The van der Waals surface area contributed by atoms with Crippen molar-refractivity contribution < 1.29 is 13.6 Å². The van der Waals surface area contributed by atoms with Gasteiger partial charge in [-0.05, 0) is 38.5 Å². The smallest absolute Gasteiger partial charge is 0.237 e. The highest BCUT2D eigenvalue weighted by Crippen LogP contribution is 2.29. The summed E-state index contributed by atoms with van der Waals surface area (Å²) in [5.74, 6) is -1.18. The van der Waals surface area contributed by atoms with Crippen molar-refractivity contribution in [1.29, 1.82) is 0 Å². The summed E-state index contributed by atoms with van der Waals surface area (Å²) in [6.07, 6.45) is 0. The number of aryl methyl sites for hydroxylation is 1. The fourth-order valence-corrected chi connectivity index (χ4v) is 3.63. The highest BCUT2D eigenvalue weighted by Gasteiger charge is 2.21. The average molecular weight is 402 g/mol. The number of anilines is 1. The number of hydrogen-bond acceptors (Lipinski definition) is 4. The summed E-state index contributed by atoms with van der Waals surface area (Å²) < 4.78 is 28.7. The maximum absolute atomic E-state index is 13.8. The van der Waals surface area contributed by atoms with Crippen molar-refractivity contribution in [1.82, 2.24) is 14.8 Å². The highest BCUT2D eigenvalue weighted by atomic mass is 32.2. The number of carbonyl (C=O) groups is 1. The number of thioether (sulfide) groups is 1. The second-order valence-electron chi connectivity index (χ2n) is 6.24. The van der Waals surface area contributed by atoms with E-state index in [9.17, 15) is 13.6 Å². The first kappa shape index (κ1) is 20.0. The fraction of sp³-hybridized carbons (Fsp3) is 0.250. The van der Waals surface area contributed by atoms with E-state index in [1.165, 1.54) is 17.8 Å². The number of nitrogens with zero attached hydrogens (tertiary/aromatic N) is 3. The molecule has 28 heavy (non-hydrogen) atoms. The summed E-state index contributed by atoms with van der Waals surface area (Å²) in [7, 11) is 0. The minimum absolute atomic E-state index is 0.0589. The van der Waals surface area contributed by atoms with E-state index < -0.39 is 22.8 Å². The monoisotopic (exact) mass is 402 g/mol. The number of hydrogen-bond donors (Lipinski definition) is 1. The van der Waals surface area contributed by atoms with Gasteiger partial charge >= 0.3 is 0 Å². The standard InChI is InChI=1S/C20H20F2N4OS/c1-4-26-18(15-8-6-5-7-12(15)2)24-25-20(26)28-13(3)19(27)23-17-10-9-14(21)11-16(17)22/h5-11,13H,4H2,1-3H3,(H,23,27)/t13-/m0/s1. The largest absolute Gasteiger partial charge is 0.323 e. The number of carbonyl (C=O) groups excluding carboxylic acids is 1. The van der Waals surface area contributed by atoms with Crippen molar-refractivity contribution >= 4 is 23.4 Å². The Labute approximate surface area is 166 Å². The van der Waals surface area contributed by atoms with Gasteiger partial charge < -0.3 is 9.88 Å². The van der Waals surface area contributed by atoms with Gasteiger partial charge in [-0.2, -0.15) is 0 Å². The van der Waals surface area contributed by atoms with Crippen molar-refractivity contribution in [3.8, 4) is 11.4 Å². The molecule has 0 unspecified atom stereocenters. The summed E-state index contributed by atoms with van der Waals surface area (Å²) in [5.41, 5.74) is 2.00. The molecular weight excluding hydrogens is 382 g/mol. The topological polar surface area (TPSA) is 59.8 Å². The van der Waals surface area contributed by atoms with Crippen LogP contribution in [0.5, 0.6) is 0 Å². The lowest BCUT2D eigenvalue weighted by Gasteiger charge is -2.13. The van der Waals surface area contributed by atoms with Gasteiger partial charge in [-0.25, -0.2) is 8.78 Å². The van der Waals surface area contributed by atoms with Crippen molar-refractivity contribution in [3.05, 3.63) is 59.7 Å². The molecule has 3 rings (SSSR count). The highest BCUT2D eigenvalue weighted by molar-refractivity contribution is 8.00. The van der Waals surface area contributed by atoms with E-state index in [4.69, 9.17) is 0 Å². The van der Waals surface area contributed by atoms with Gasteiger partial charge in [-0.15, -0.1) is 10.2 Å². The van der Waals surface area contributed by atoms with E-state index in [0.29, 0.717) is 11.7 Å². The summed E-state index contributed by atoms with van der Waals surface area (Å²) in [4.78, 5) is 12.4. The maximum atomic E-state index is 13.8. The van der Waals surface area contributed by atoms with Crippen LogP contribution in [0.1, 0.15) is 19.4 Å². The molecule has 0 radical (unpaired) electrons. The SMILES string of the molecule is CCn1c(S[C@@H](C)C(=O)Nc2ccc(F)cc2F)nnc1-c1ccccc1C. The molecule has 5 nitrogen and oxygen atoms in total. The number of halogens is 2. The van der Waals surface area contributed by atoms with Crippen LogP contribution in [0.4, 0.5) is 14.5 Å². The number of amides is 1. The molecule has 0 fully saturated rings. The van der Waals surface area contributed by atoms with Crippen molar-refractivity contribution in [2.45, 2.75) is 37.7 Å². The zero-order valence-electron chi connectivity index (χ0n) is 15.7. The van der Waals surface area contributed by atoms with Gasteiger partial charge in [0.1, 0.15) is 11.6 Å². The van der Waals surface area contributed by atoms with Gasteiger partial charge in [0.05, 0.1) is 10.9 Å². The second kappa shape index (κ2) is 8.52. The van der Waals surface area contributed by atoms with Gasteiger partial charge in [0.25, 0.3) is 0 Å². The maximum Gasteiger partial charge on any atom is 0.237 e. The summed E-state index contributed by atoms with van der Waals surface area (Å²) >= 11 is 1.23. The first-order chi connectivity index (χ1) is 13.4. The fourth-order valence-electron chi connectivity index (χ4n) is 2.72. The predicted molar refractivity (Wildman–Crippen MR) is 106 cm³/mol. The van der Waals surface area contributed by atoms with Crippen LogP contribution in [0.25, 0.3) is 11.4 Å². The van der Waals surface area contributed by atoms with Crippen molar-refractivity contribution in [2.75, 3.05) is 5.32 Å². The molecule has 0 bridgehead atoms. The molecule has 0 aliphatic heterocycles. The summed E-state index contributed by atoms with van der Waals surface area (Å²) in [6.45, 7) is 6.32. The molecule has 2 aromatic carbocycles. The Morgan fingerprint density at radius 3 is 2.64 bits per heavy atom. The molecule has 1 aromatic heterocycles. The zero-order valence-corrected chi connectivity index (χ0v) is 16.6. The molecule has 0 saturated carbocycles. The summed E-state index contributed by atoms with van der Waals surface area (Å²) in [5, 5.41) is 11.1. The van der Waals surface area contributed by atoms with Crippen LogP contribution in [-0.4, -0.2) is 25.9 Å². The molecule has 1 N–H and O–H groups in total. The normalized spacial score (nSPS) is 12.0. The van der Waals surface area contributed by atoms with E-state index in [1.807, 2.05) is 42.7 Å². The molecule has 1 atom stereocenters. The molecule has 0 aliphatic carbocycles. The van der Waals surface area contributed by atoms with E-state index >= 15 is 0 Å². The third-order valence-electron chi connectivity index (χ3n) is 4.26. The predicted octanol–water partition coefficient (Wildman–Crippen LogP) is 4.67. The molecule has 8 heteroatoms. The number of benzene rings is 2. The molecule has 1 amide bonds. The average Bonchev–Trinajstić information content (AvgIpc) is 3.06. The van der Waals surface area contributed by atoms with Crippen LogP contribution in [0.15, 0.2) is 47.6 Å². The Morgan fingerprint density at radius 1 is 1.21 bits per heavy atom. The number of nitrogens with one attached hydrogen (secondary N) is 1. The lowest BCUT2D eigenvalue weighted by atomic mass is 10.1. The van der Waals surface area contributed by atoms with Gasteiger partial charge in [-0.1, -0.05) is 36.0 Å². The molecule has 1 heterocycles. The summed E-state index contributed by atoms with van der Waals surface area (Å²) in [6, 6.07) is 10.9. The van der Waals surface area contributed by atoms with Crippen LogP contribution in [0, 0.1) is 18.6 Å². The zero-order chi connectivity index (χ0) is 20.3. The van der Waals surface area contributed by atoms with Crippen LogP contribution in [0.2, 0.25) is 0 Å². The molecule has 0 spiro atoms.